The fourth-order valence-electron chi connectivity index (χ4n) is 4.27. The number of carbonyl (C=O) groups excluding carboxylic acids is 1. The van der Waals surface area contributed by atoms with Gasteiger partial charge in [0.1, 0.15) is 11.6 Å². The second kappa shape index (κ2) is 6.98. The van der Waals surface area contributed by atoms with Crippen molar-refractivity contribution in [2.75, 3.05) is 13.1 Å². The van der Waals surface area contributed by atoms with Gasteiger partial charge in [0, 0.05) is 43.0 Å². The summed E-state index contributed by atoms with van der Waals surface area (Å²) in [4.78, 5) is 24.0. The Morgan fingerprint density at radius 1 is 1.16 bits per heavy atom. The van der Waals surface area contributed by atoms with Crippen molar-refractivity contribution in [2.45, 2.75) is 51.4 Å². The minimum Gasteiger partial charge on any atom is -0.342 e. The number of amides is 1. The number of nitrogens with zero attached hydrogens (tertiary/aromatic N) is 4. The van der Waals surface area contributed by atoms with Crippen LogP contribution in [0.15, 0.2) is 30.6 Å². The summed E-state index contributed by atoms with van der Waals surface area (Å²) in [5.41, 5.74) is 1.09. The van der Waals surface area contributed by atoms with E-state index in [1.54, 1.807) is 6.20 Å². The molecule has 0 bridgehead atoms. The number of aryl methyl sites for hydroxylation is 1. The van der Waals surface area contributed by atoms with E-state index in [0.717, 1.165) is 56.1 Å². The second-order valence-electron chi connectivity index (χ2n) is 7.37. The van der Waals surface area contributed by atoms with Crippen LogP contribution >= 0.6 is 0 Å². The Morgan fingerprint density at radius 2 is 2.00 bits per heavy atom. The van der Waals surface area contributed by atoms with E-state index in [0.29, 0.717) is 11.8 Å². The van der Waals surface area contributed by atoms with Gasteiger partial charge in [-0.3, -0.25) is 9.36 Å². The molecule has 2 fully saturated rings. The van der Waals surface area contributed by atoms with E-state index in [4.69, 9.17) is 4.98 Å². The van der Waals surface area contributed by atoms with E-state index < -0.39 is 0 Å². The molecule has 2 aromatic heterocycles. The molecule has 1 atom stereocenters. The van der Waals surface area contributed by atoms with Gasteiger partial charge in [-0.1, -0.05) is 18.9 Å². The van der Waals surface area contributed by atoms with Gasteiger partial charge in [-0.05, 0) is 44.7 Å². The Bertz CT molecular complexity index is 748. The molecular formula is C20H26N4O. The maximum atomic E-state index is 12.8. The molecule has 1 aliphatic carbocycles. The number of imidazole rings is 1. The van der Waals surface area contributed by atoms with E-state index >= 15 is 0 Å². The van der Waals surface area contributed by atoms with Crippen LogP contribution in [0.2, 0.25) is 0 Å². The van der Waals surface area contributed by atoms with Crippen molar-refractivity contribution in [1.82, 2.24) is 19.4 Å². The number of pyridine rings is 1. The molecule has 1 saturated heterocycles. The lowest BCUT2D eigenvalue weighted by atomic mass is 9.93. The largest absolute Gasteiger partial charge is 0.342 e. The third kappa shape index (κ3) is 3.32. The van der Waals surface area contributed by atoms with Crippen LogP contribution in [0.3, 0.4) is 0 Å². The Kier molecular flexibility index (Phi) is 4.55. The molecule has 5 heteroatoms. The summed E-state index contributed by atoms with van der Waals surface area (Å²) >= 11 is 0. The molecule has 0 radical (unpaired) electrons. The fourth-order valence-corrected chi connectivity index (χ4v) is 4.27. The molecule has 0 aromatic carbocycles. The highest BCUT2D eigenvalue weighted by molar-refractivity contribution is 5.79. The molecule has 4 rings (SSSR count). The number of rotatable bonds is 3. The standard InChI is InChI=1S/C20H26N4O/c1-15-21-11-13-24(15)19-10-4-9-18(22-19)17-8-5-12-23(14-17)20(25)16-6-2-3-7-16/h4,9-11,13,16-17H,2-3,5-8,12,14H2,1H3. The number of hydrogen-bond acceptors (Lipinski definition) is 3. The van der Waals surface area contributed by atoms with Crippen LogP contribution < -0.4 is 0 Å². The molecule has 0 N–H and O–H groups in total. The highest BCUT2D eigenvalue weighted by Crippen LogP contribution is 2.31. The molecule has 5 nitrogen and oxygen atoms in total. The molecule has 2 aromatic rings. The van der Waals surface area contributed by atoms with Crippen molar-refractivity contribution in [2.24, 2.45) is 5.92 Å². The summed E-state index contributed by atoms with van der Waals surface area (Å²) in [6.45, 7) is 3.71. The molecule has 132 valence electrons. The van der Waals surface area contributed by atoms with Crippen LogP contribution in [0.1, 0.15) is 56.0 Å². The topological polar surface area (TPSA) is 51.0 Å². The van der Waals surface area contributed by atoms with Crippen LogP contribution in [-0.4, -0.2) is 38.4 Å². The molecule has 1 saturated carbocycles. The summed E-state index contributed by atoms with van der Waals surface area (Å²) in [5.74, 6) is 2.83. The average Bonchev–Trinajstić information content (AvgIpc) is 3.33. The number of carbonyl (C=O) groups is 1. The van der Waals surface area contributed by atoms with Crippen molar-refractivity contribution >= 4 is 5.91 Å². The normalized spacial score (nSPS) is 21.6. The summed E-state index contributed by atoms with van der Waals surface area (Å²) in [6, 6.07) is 6.18. The highest BCUT2D eigenvalue weighted by atomic mass is 16.2. The minimum absolute atomic E-state index is 0.270. The lowest BCUT2D eigenvalue weighted by molar-refractivity contribution is -0.136. The fraction of sp³-hybridized carbons (Fsp3) is 0.550. The lowest BCUT2D eigenvalue weighted by Crippen LogP contribution is -2.42. The van der Waals surface area contributed by atoms with Gasteiger partial charge < -0.3 is 4.90 Å². The van der Waals surface area contributed by atoms with E-state index in [-0.39, 0.29) is 5.92 Å². The predicted octanol–water partition coefficient (Wildman–Crippen LogP) is 3.47. The molecular weight excluding hydrogens is 312 g/mol. The zero-order valence-corrected chi connectivity index (χ0v) is 14.9. The Labute approximate surface area is 149 Å². The first-order valence-electron chi connectivity index (χ1n) is 9.48. The maximum absolute atomic E-state index is 12.8. The molecule has 0 spiro atoms. The van der Waals surface area contributed by atoms with Crippen molar-refractivity contribution < 1.29 is 4.79 Å². The van der Waals surface area contributed by atoms with E-state index in [2.05, 4.69) is 22.0 Å². The molecule has 1 unspecified atom stereocenters. The zero-order chi connectivity index (χ0) is 17.2. The molecule has 3 heterocycles. The van der Waals surface area contributed by atoms with Crippen molar-refractivity contribution in [3.05, 3.63) is 42.1 Å². The second-order valence-corrected chi connectivity index (χ2v) is 7.37. The minimum atomic E-state index is 0.270. The Hall–Kier alpha value is -2.17. The van der Waals surface area contributed by atoms with Gasteiger partial charge in [-0.25, -0.2) is 9.97 Å². The summed E-state index contributed by atoms with van der Waals surface area (Å²) in [6.07, 6.45) is 10.5. The first-order chi connectivity index (χ1) is 12.2. The van der Waals surface area contributed by atoms with Crippen LogP contribution in [0.25, 0.3) is 5.82 Å². The molecule has 1 aliphatic heterocycles. The third-order valence-electron chi connectivity index (χ3n) is 5.68. The van der Waals surface area contributed by atoms with Gasteiger partial charge >= 0.3 is 0 Å². The predicted molar refractivity (Wildman–Crippen MR) is 96.6 cm³/mol. The average molecular weight is 338 g/mol. The number of hydrogen-bond donors (Lipinski definition) is 0. The smallest absolute Gasteiger partial charge is 0.225 e. The quantitative estimate of drug-likeness (QED) is 0.861. The first-order valence-corrected chi connectivity index (χ1v) is 9.48. The number of likely N-dealkylation sites (tertiary alicyclic amines) is 1. The summed E-state index contributed by atoms with van der Waals surface area (Å²) in [5, 5.41) is 0. The zero-order valence-electron chi connectivity index (χ0n) is 14.9. The van der Waals surface area contributed by atoms with Gasteiger partial charge in [-0.2, -0.15) is 0 Å². The van der Waals surface area contributed by atoms with Crippen molar-refractivity contribution in [1.29, 1.82) is 0 Å². The van der Waals surface area contributed by atoms with Gasteiger partial charge in [0.2, 0.25) is 5.91 Å². The van der Waals surface area contributed by atoms with Gasteiger partial charge in [0.05, 0.1) is 0 Å². The van der Waals surface area contributed by atoms with Gasteiger partial charge in [-0.15, -0.1) is 0 Å². The highest BCUT2D eigenvalue weighted by Gasteiger charge is 2.31. The van der Waals surface area contributed by atoms with E-state index in [1.165, 1.54) is 12.8 Å². The first kappa shape index (κ1) is 16.3. The van der Waals surface area contributed by atoms with Crippen LogP contribution in [0.4, 0.5) is 0 Å². The number of piperidine rings is 1. The maximum Gasteiger partial charge on any atom is 0.225 e. The SMILES string of the molecule is Cc1nccn1-c1cccc(C2CCCN(C(=O)C3CCCC3)C2)n1. The molecule has 25 heavy (non-hydrogen) atoms. The summed E-state index contributed by atoms with van der Waals surface area (Å²) in [7, 11) is 0. The third-order valence-corrected chi connectivity index (χ3v) is 5.68. The van der Waals surface area contributed by atoms with Crippen LogP contribution in [-0.2, 0) is 4.79 Å². The summed E-state index contributed by atoms with van der Waals surface area (Å²) < 4.78 is 2.01. The van der Waals surface area contributed by atoms with Crippen LogP contribution in [0.5, 0.6) is 0 Å². The molecule has 1 amide bonds. The Morgan fingerprint density at radius 3 is 2.76 bits per heavy atom. The lowest BCUT2D eigenvalue weighted by Gasteiger charge is -2.34. The molecule has 2 aliphatic rings. The number of aromatic nitrogens is 3. The van der Waals surface area contributed by atoms with Gasteiger partial charge in [0.15, 0.2) is 0 Å². The Balaban J connectivity index is 1.51. The monoisotopic (exact) mass is 338 g/mol. The van der Waals surface area contributed by atoms with Crippen LogP contribution in [0, 0.1) is 12.8 Å². The van der Waals surface area contributed by atoms with Gasteiger partial charge in [0.25, 0.3) is 0 Å². The van der Waals surface area contributed by atoms with Crippen molar-refractivity contribution in [3.8, 4) is 5.82 Å². The van der Waals surface area contributed by atoms with Crippen molar-refractivity contribution in [3.63, 3.8) is 0 Å². The van der Waals surface area contributed by atoms with E-state index in [9.17, 15) is 4.79 Å². The van der Waals surface area contributed by atoms with E-state index in [1.807, 2.05) is 23.8 Å².